The molecule has 13 heavy (non-hydrogen) atoms. The molecule has 0 saturated carbocycles. The number of aromatic nitrogens is 2. The van der Waals surface area contributed by atoms with Crippen LogP contribution in [0.2, 0.25) is 0 Å². The van der Waals surface area contributed by atoms with Gasteiger partial charge in [-0.25, -0.2) is 0 Å². The molecule has 0 radical (unpaired) electrons. The van der Waals surface area contributed by atoms with E-state index in [9.17, 15) is 0 Å². The molecule has 0 aromatic carbocycles. The van der Waals surface area contributed by atoms with Gasteiger partial charge >= 0.3 is 0 Å². The Morgan fingerprint density at radius 1 is 1.62 bits per heavy atom. The van der Waals surface area contributed by atoms with E-state index >= 15 is 0 Å². The standard InChI is InChI=1S/C9H14BrN3/c1-11-7-5-3-4-6-8(7)13(2)12-9(6)10/h7,11H,3-5H2,1-2H3. The molecule has 1 aromatic rings. The van der Waals surface area contributed by atoms with Gasteiger partial charge in [0.05, 0.1) is 5.69 Å². The Kier molecular flexibility index (Phi) is 2.43. The Bertz CT molecular complexity index is 319. The fraction of sp³-hybridized carbons (Fsp3) is 0.667. The molecule has 1 N–H and O–H groups in total. The molecular formula is C9H14BrN3. The lowest BCUT2D eigenvalue weighted by Gasteiger charge is -2.22. The Balaban J connectivity index is 2.48. The first-order valence-corrected chi connectivity index (χ1v) is 5.42. The van der Waals surface area contributed by atoms with Crippen molar-refractivity contribution in [3.05, 3.63) is 15.9 Å². The van der Waals surface area contributed by atoms with Crippen molar-refractivity contribution >= 4 is 15.9 Å². The van der Waals surface area contributed by atoms with Gasteiger partial charge in [-0.1, -0.05) is 0 Å². The first kappa shape index (κ1) is 9.21. The Morgan fingerprint density at radius 3 is 3.08 bits per heavy atom. The smallest absolute Gasteiger partial charge is 0.131 e. The summed E-state index contributed by atoms with van der Waals surface area (Å²) in [6.07, 6.45) is 3.63. The summed E-state index contributed by atoms with van der Waals surface area (Å²) in [7, 11) is 4.03. The summed E-state index contributed by atoms with van der Waals surface area (Å²) in [4.78, 5) is 0. The minimum Gasteiger partial charge on any atom is -0.312 e. The summed E-state index contributed by atoms with van der Waals surface area (Å²) >= 11 is 3.50. The van der Waals surface area contributed by atoms with Gasteiger partial charge in [0, 0.05) is 18.7 Å². The van der Waals surface area contributed by atoms with Gasteiger partial charge in [0.2, 0.25) is 0 Å². The lowest BCUT2D eigenvalue weighted by molar-refractivity contribution is 0.464. The second kappa shape index (κ2) is 3.42. The minimum atomic E-state index is 0.479. The zero-order valence-electron chi connectivity index (χ0n) is 7.97. The van der Waals surface area contributed by atoms with Gasteiger partial charge in [0.15, 0.2) is 0 Å². The van der Waals surface area contributed by atoms with E-state index in [-0.39, 0.29) is 0 Å². The molecular weight excluding hydrogens is 230 g/mol. The molecule has 1 aliphatic rings. The van der Waals surface area contributed by atoms with Crippen molar-refractivity contribution in [1.29, 1.82) is 0 Å². The van der Waals surface area contributed by atoms with E-state index in [1.165, 1.54) is 24.1 Å². The van der Waals surface area contributed by atoms with Crippen LogP contribution in [0.3, 0.4) is 0 Å². The van der Waals surface area contributed by atoms with Gasteiger partial charge in [-0.2, -0.15) is 5.10 Å². The topological polar surface area (TPSA) is 29.9 Å². The number of rotatable bonds is 1. The van der Waals surface area contributed by atoms with Crippen LogP contribution in [0, 0.1) is 0 Å². The van der Waals surface area contributed by atoms with Crippen molar-refractivity contribution in [2.75, 3.05) is 7.05 Å². The summed E-state index contributed by atoms with van der Waals surface area (Å²) in [6.45, 7) is 0. The number of fused-ring (bicyclic) bond motifs is 1. The van der Waals surface area contributed by atoms with Gasteiger partial charge < -0.3 is 5.32 Å². The third-order valence-electron chi connectivity index (χ3n) is 2.74. The van der Waals surface area contributed by atoms with Crippen LogP contribution < -0.4 is 5.32 Å². The summed E-state index contributed by atoms with van der Waals surface area (Å²) in [5.74, 6) is 0. The average molecular weight is 244 g/mol. The quantitative estimate of drug-likeness (QED) is 0.816. The molecule has 0 amide bonds. The van der Waals surface area contributed by atoms with E-state index < -0.39 is 0 Å². The Hall–Kier alpha value is -0.350. The van der Waals surface area contributed by atoms with Gasteiger partial charge in [0.1, 0.15) is 4.60 Å². The summed E-state index contributed by atoms with van der Waals surface area (Å²) in [6, 6.07) is 0.479. The number of nitrogens with one attached hydrogen (secondary N) is 1. The van der Waals surface area contributed by atoms with Crippen molar-refractivity contribution in [3.8, 4) is 0 Å². The highest BCUT2D eigenvalue weighted by atomic mass is 79.9. The molecule has 72 valence electrons. The fourth-order valence-electron chi connectivity index (χ4n) is 2.11. The van der Waals surface area contributed by atoms with Crippen LogP contribution in [0.4, 0.5) is 0 Å². The maximum atomic E-state index is 4.38. The number of aryl methyl sites for hydroxylation is 1. The van der Waals surface area contributed by atoms with Crippen LogP contribution in [0.5, 0.6) is 0 Å². The van der Waals surface area contributed by atoms with E-state index in [2.05, 4.69) is 26.3 Å². The number of hydrogen-bond acceptors (Lipinski definition) is 2. The van der Waals surface area contributed by atoms with Crippen molar-refractivity contribution in [3.63, 3.8) is 0 Å². The molecule has 3 nitrogen and oxygen atoms in total. The molecule has 1 aromatic heterocycles. The highest BCUT2D eigenvalue weighted by Crippen LogP contribution is 2.33. The Morgan fingerprint density at radius 2 is 2.38 bits per heavy atom. The summed E-state index contributed by atoms with van der Waals surface area (Å²) < 4.78 is 3.00. The predicted octanol–water partition coefficient (Wildman–Crippen LogP) is 1.78. The molecule has 1 unspecified atom stereocenters. The minimum absolute atomic E-state index is 0.479. The van der Waals surface area contributed by atoms with Gasteiger partial charge in [-0.15, -0.1) is 0 Å². The molecule has 4 heteroatoms. The lowest BCUT2D eigenvalue weighted by Crippen LogP contribution is -2.23. The molecule has 2 rings (SSSR count). The first-order chi connectivity index (χ1) is 6.24. The third-order valence-corrected chi connectivity index (χ3v) is 3.38. The van der Waals surface area contributed by atoms with Crippen molar-refractivity contribution < 1.29 is 0 Å². The number of halogens is 1. The maximum absolute atomic E-state index is 4.38. The van der Waals surface area contributed by atoms with E-state index in [1.807, 2.05) is 18.8 Å². The van der Waals surface area contributed by atoms with Crippen LogP contribution in [0.25, 0.3) is 0 Å². The van der Waals surface area contributed by atoms with Gasteiger partial charge in [0.25, 0.3) is 0 Å². The number of nitrogens with zero attached hydrogens (tertiary/aromatic N) is 2. The highest BCUT2D eigenvalue weighted by molar-refractivity contribution is 9.10. The molecule has 1 aliphatic carbocycles. The van der Waals surface area contributed by atoms with Crippen molar-refractivity contribution in [2.24, 2.45) is 7.05 Å². The van der Waals surface area contributed by atoms with E-state index in [1.54, 1.807) is 0 Å². The molecule has 0 fully saturated rings. The zero-order chi connectivity index (χ0) is 9.42. The second-order valence-electron chi connectivity index (χ2n) is 3.51. The maximum Gasteiger partial charge on any atom is 0.131 e. The molecule has 0 spiro atoms. The number of hydrogen-bond donors (Lipinski definition) is 1. The normalized spacial score (nSPS) is 21.6. The largest absolute Gasteiger partial charge is 0.312 e. The highest BCUT2D eigenvalue weighted by Gasteiger charge is 2.25. The van der Waals surface area contributed by atoms with E-state index in [0.717, 1.165) is 11.0 Å². The Labute approximate surface area is 86.6 Å². The van der Waals surface area contributed by atoms with E-state index in [0.29, 0.717) is 6.04 Å². The molecule has 1 atom stereocenters. The van der Waals surface area contributed by atoms with Crippen molar-refractivity contribution in [1.82, 2.24) is 15.1 Å². The lowest BCUT2D eigenvalue weighted by atomic mass is 9.94. The van der Waals surface area contributed by atoms with E-state index in [4.69, 9.17) is 0 Å². The monoisotopic (exact) mass is 243 g/mol. The molecule has 0 aliphatic heterocycles. The first-order valence-electron chi connectivity index (χ1n) is 4.62. The molecule has 1 heterocycles. The third kappa shape index (κ3) is 1.42. The van der Waals surface area contributed by atoms with Crippen molar-refractivity contribution in [2.45, 2.75) is 25.3 Å². The predicted molar refractivity (Wildman–Crippen MR) is 55.6 cm³/mol. The van der Waals surface area contributed by atoms with Crippen LogP contribution in [0.1, 0.15) is 30.1 Å². The summed E-state index contributed by atoms with van der Waals surface area (Å²) in [5, 5.41) is 7.72. The summed E-state index contributed by atoms with van der Waals surface area (Å²) in [5.41, 5.74) is 2.73. The van der Waals surface area contributed by atoms with Crippen LogP contribution in [-0.2, 0) is 13.5 Å². The van der Waals surface area contributed by atoms with Crippen LogP contribution in [0.15, 0.2) is 4.60 Å². The average Bonchev–Trinajstić information content (AvgIpc) is 2.43. The molecule has 0 saturated heterocycles. The molecule has 0 bridgehead atoms. The SMILES string of the molecule is CNC1CCCc2c(Br)nn(C)c21. The van der Waals surface area contributed by atoms with Gasteiger partial charge in [-0.3, -0.25) is 4.68 Å². The zero-order valence-corrected chi connectivity index (χ0v) is 9.56. The van der Waals surface area contributed by atoms with Crippen LogP contribution >= 0.6 is 15.9 Å². The second-order valence-corrected chi connectivity index (χ2v) is 4.26. The van der Waals surface area contributed by atoms with Crippen LogP contribution in [-0.4, -0.2) is 16.8 Å². The van der Waals surface area contributed by atoms with Gasteiger partial charge in [-0.05, 0) is 42.2 Å². The fourth-order valence-corrected chi connectivity index (χ4v) is 2.75.